The second kappa shape index (κ2) is 16.1. The van der Waals surface area contributed by atoms with Crippen molar-refractivity contribution >= 4 is 29.8 Å². The number of hydrogen-bond donors (Lipinski definition) is 0. The molecule has 10 heteroatoms. The summed E-state index contributed by atoms with van der Waals surface area (Å²) < 4.78 is 26.6. The van der Waals surface area contributed by atoms with Gasteiger partial charge in [0.25, 0.3) is 0 Å². The van der Waals surface area contributed by atoms with E-state index in [0.29, 0.717) is 12.8 Å². The van der Waals surface area contributed by atoms with Crippen molar-refractivity contribution < 1.29 is 47.7 Å². The van der Waals surface area contributed by atoms with Gasteiger partial charge in [-0.25, -0.2) is 0 Å². The molecule has 0 aromatic rings. The smallest absolute Gasteiger partial charge is 0.302 e. The highest BCUT2D eigenvalue weighted by molar-refractivity contribution is 5.67. The van der Waals surface area contributed by atoms with E-state index in [4.69, 9.17) is 23.7 Å². The number of rotatable bonds is 15. The molecule has 0 saturated carbocycles. The van der Waals surface area contributed by atoms with Crippen LogP contribution >= 0.6 is 0 Å². The largest absolute Gasteiger partial charge is 0.466 e. The predicted octanol–water partition coefficient (Wildman–Crippen LogP) is 2.99. The molecule has 0 N–H and O–H groups in total. The molecule has 6 atom stereocenters. The van der Waals surface area contributed by atoms with Crippen molar-refractivity contribution in [1.82, 2.24) is 0 Å². The monoisotopic (exact) mass is 488 g/mol. The standard InChI is InChI=1S/C24H40O10/c1-14(12-30-17(4)25)9-10-22(32-19(6)27)16(3)24(34-21(8)29)11-23(33-20(7)28)15(2)13-31-18(5)26/h14-16,22-24H,9-13H2,1-8H3. The summed E-state index contributed by atoms with van der Waals surface area (Å²) in [4.78, 5) is 57.6. The lowest BCUT2D eigenvalue weighted by Crippen LogP contribution is -2.40. The fourth-order valence-corrected chi connectivity index (χ4v) is 3.45. The van der Waals surface area contributed by atoms with Crippen LogP contribution in [0.5, 0.6) is 0 Å². The van der Waals surface area contributed by atoms with E-state index in [9.17, 15) is 24.0 Å². The second-order valence-corrected chi connectivity index (χ2v) is 8.80. The molecular formula is C24H40O10. The Bertz CT molecular complexity index is 689. The number of carbonyl (C=O) groups is 5. The Morgan fingerprint density at radius 1 is 0.559 bits per heavy atom. The van der Waals surface area contributed by atoms with Crippen LogP contribution in [-0.2, 0) is 47.7 Å². The molecule has 0 bridgehead atoms. The van der Waals surface area contributed by atoms with Crippen molar-refractivity contribution in [1.29, 1.82) is 0 Å². The topological polar surface area (TPSA) is 132 Å². The first-order valence-electron chi connectivity index (χ1n) is 11.5. The van der Waals surface area contributed by atoms with Crippen molar-refractivity contribution in [2.45, 2.75) is 93.0 Å². The zero-order valence-electron chi connectivity index (χ0n) is 21.6. The molecule has 0 spiro atoms. The van der Waals surface area contributed by atoms with Crippen LogP contribution < -0.4 is 0 Å². The molecule has 0 radical (unpaired) electrons. The Labute approximate surface area is 202 Å². The maximum Gasteiger partial charge on any atom is 0.302 e. The van der Waals surface area contributed by atoms with Crippen LogP contribution in [0.3, 0.4) is 0 Å². The third kappa shape index (κ3) is 14.5. The average molecular weight is 489 g/mol. The van der Waals surface area contributed by atoms with E-state index in [1.165, 1.54) is 34.6 Å². The molecule has 0 saturated heterocycles. The van der Waals surface area contributed by atoms with Gasteiger partial charge >= 0.3 is 29.8 Å². The lowest BCUT2D eigenvalue weighted by Gasteiger charge is -2.34. The summed E-state index contributed by atoms with van der Waals surface area (Å²) in [5.41, 5.74) is 0. The molecule has 0 aromatic heterocycles. The van der Waals surface area contributed by atoms with Gasteiger partial charge < -0.3 is 23.7 Å². The Balaban J connectivity index is 5.59. The normalized spacial score (nSPS) is 16.1. The van der Waals surface area contributed by atoms with Gasteiger partial charge in [-0.15, -0.1) is 0 Å². The van der Waals surface area contributed by atoms with E-state index >= 15 is 0 Å². The molecule has 0 fully saturated rings. The third-order valence-electron chi connectivity index (χ3n) is 5.29. The molecule has 0 rings (SSSR count). The molecule has 0 aliphatic carbocycles. The fraction of sp³-hybridized carbons (Fsp3) is 0.792. The van der Waals surface area contributed by atoms with Crippen molar-refractivity contribution in [2.24, 2.45) is 17.8 Å². The van der Waals surface area contributed by atoms with Gasteiger partial charge in [0.05, 0.1) is 13.2 Å². The summed E-state index contributed by atoms with van der Waals surface area (Å²) in [5.74, 6) is -3.14. The van der Waals surface area contributed by atoms with Crippen LogP contribution in [0, 0.1) is 17.8 Å². The Hall–Kier alpha value is -2.65. The number of carbonyl (C=O) groups excluding carboxylic acids is 5. The molecule has 34 heavy (non-hydrogen) atoms. The summed E-state index contributed by atoms with van der Waals surface area (Å²) in [5, 5.41) is 0. The lowest BCUT2D eigenvalue weighted by molar-refractivity contribution is -0.165. The van der Waals surface area contributed by atoms with Crippen LogP contribution in [0.15, 0.2) is 0 Å². The average Bonchev–Trinajstić information content (AvgIpc) is 2.70. The minimum atomic E-state index is -0.741. The quantitative estimate of drug-likeness (QED) is 0.250. The Kier molecular flexibility index (Phi) is 14.8. The van der Waals surface area contributed by atoms with E-state index in [1.54, 1.807) is 13.8 Å². The number of esters is 5. The highest BCUT2D eigenvalue weighted by Crippen LogP contribution is 2.27. The van der Waals surface area contributed by atoms with Gasteiger partial charge in [-0.05, 0) is 18.8 Å². The zero-order chi connectivity index (χ0) is 26.4. The summed E-state index contributed by atoms with van der Waals surface area (Å²) in [6, 6.07) is 0. The van der Waals surface area contributed by atoms with Crippen LogP contribution in [0.1, 0.15) is 74.7 Å². The molecule has 0 aliphatic heterocycles. The molecule has 0 aliphatic rings. The third-order valence-corrected chi connectivity index (χ3v) is 5.29. The molecule has 10 nitrogen and oxygen atoms in total. The molecular weight excluding hydrogens is 448 g/mol. The van der Waals surface area contributed by atoms with Crippen LogP contribution in [0.25, 0.3) is 0 Å². The second-order valence-electron chi connectivity index (χ2n) is 8.80. The summed E-state index contributed by atoms with van der Waals surface area (Å²) in [6.07, 6.45) is -0.868. The highest BCUT2D eigenvalue weighted by Gasteiger charge is 2.35. The molecule has 196 valence electrons. The van der Waals surface area contributed by atoms with Crippen molar-refractivity contribution in [2.75, 3.05) is 13.2 Å². The van der Waals surface area contributed by atoms with Gasteiger partial charge in [-0.1, -0.05) is 20.8 Å². The highest BCUT2D eigenvalue weighted by atomic mass is 16.6. The zero-order valence-corrected chi connectivity index (χ0v) is 21.6. The summed E-state index contributed by atoms with van der Waals surface area (Å²) >= 11 is 0. The van der Waals surface area contributed by atoms with Crippen LogP contribution in [-0.4, -0.2) is 61.4 Å². The van der Waals surface area contributed by atoms with E-state index in [0.717, 1.165) is 0 Å². The SMILES string of the molecule is CC(=O)OCC(C)CCC(OC(C)=O)C(C)C(CC(OC(C)=O)C(C)COC(C)=O)OC(C)=O. The van der Waals surface area contributed by atoms with Crippen molar-refractivity contribution in [3.8, 4) is 0 Å². The van der Waals surface area contributed by atoms with Gasteiger partial charge in [0, 0.05) is 52.9 Å². The Morgan fingerprint density at radius 3 is 1.47 bits per heavy atom. The number of hydrogen-bond acceptors (Lipinski definition) is 10. The fourth-order valence-electron chi connectivity index (χ4n) is 3.45. The Morgan fingerprint density at radius 2 is 1.00 bits per heavy atom. The summed E-state index contributed by atoms with van der Waals surface area (Å²) in [7, 11) is 0. The predicted molar refractivity (Wildman–Crippen MR) is 121 cm³/mol. The van der Waals surface area contributed by atoms with Crippen LogP contribution in [0.2, 0.25) is 0 Å². The van der Waals surface area contributed by atoms with Gasteiger partial charge in [0.2, 0.25) is 0 Å². The molecule has 0 amide bonds. The van der Waals surface area contributed by atoms with Crippen molar-refractivity contribution in [3.05, 3.63) is 0 Å². The van der Waals surface area contributed by atoms with Gasteiger partial charge in [-0.3, -0.25) is 24.0 Å². The minimum absolute atomic E-state index is 0.0233. The van der Waals surface area contributed by atoms with E-state index in [1.807, 2.05) is 6.92 Å². The van der Waals surface area contributed by atoms with Crippen molar-refractivity contribution in [3.63, 3.8) is 0 Å². The molecule has 0 aromatic carbocycles. The summed E-state index contributed by atoms with van der Waals surface area (Å²) in [6.45, 7) is 12.2. The first kappa shape index (κ1) is 31.4. The first-order valence-corrected chi connectivity index (χ1v) is 11.5. The lowest BCUT2D eigenvalue weighted by atomic mass is 9.87. The first-order chi connectivity index (χ1) is 15.7. The molecule has 0 heterocycles. The molecule has 6 unspecified atom stereocenters. The van der Waals surface area contributed by atoms with Crippen LogP contribution in [0.4, 0.5) is 0 Å². The van der Waals surface area contributed by atoms with E-state index in [2.05, 4.69) is 0 Å². The van der Waals surface area contributed by atoms with Gasteiger partial charge in [0.1, 0.15) is 18.3 Å². The van der Waals surface area contributed by atoms with E-state index < -0.39 is 48.1 Å². The number of ether oxygens (including phenoxy) is 5. The maximum absolute atomic E-state index is 11.9. The van der Waals surface area contributed by atoms with Gasteiger partial charge in [0.15, 0.2) is 0 Å². The van der Waals surface area contributed by atoms with Gasteiger partial charge in [-0.2, -0.15) is 0 Å². The maximum atomic E-state index is 11.9. The van der Waals surface area contributed by atoms with E-state index in [-0.39, 0.29) is 37.4 Å². The minimum Gasteiger partial charge on any atom is -0.466 e.